The van der Waals surface area contributed by atoms with Crippen LogP contribution in [0.3, 0.4) is 0 Å². The van der Waals surface area contributed by atoms with Crippen LogP contribution in [0.1, 0.15) is 13.8 Å². The fourth-order valence-corrected chi connectivity index (χ4v) is 9.36. The van der Waals surface area contributed by atoms with Crippen molar-refractivity contribution in [1.82, 2.24) is 0 Å². The minimum Gasteiger partial charge on any atom is -0.394 e. The van der Waals surface area contributed by atoms with Crippen molar-refractivity contribution >= 4 is 0 Å². The van der Waals surface area contributed by atoms with Crippen LogP contribution in [0, 0.1) is 0 Å². The van der Waals surface area contributed by atoms with Gasteiger partial charge in [-0.15, -0.1) is 0 Å². The van der Waals surface area contributed by atoms with Crippen LogP contribution in [0.2, 0.25) is 0 Å². The first-order chi connectivity index (χ1) is 34.3. The van der Waals surface area contributed by atoms with Gasteiger partial charge in [-0.25, -0.2) is 0 Å². The molecular formula is C40H70O33. The summed E-state index contributed by atoms with van der Waals surface area (Å²) in [6.07, 6.45) is -67.7. The summed E-state index contributed by atoms with van der Waals surface area (Å²) in [5.41, 5.74) is 0. The highest BCUT2D eigenvalue weighted by Gasteiger charge is 2.59. The van der Waals surface area contributed by atoms with E-state index in [2.05, 4.69) is 0 Å². The van der Waals surface area contributed by atoms with Crippen molar-refractivity contribution in [2.45, 2.75) is 222 Å². The Morgan fingerprint density at radius 1 is 0.315 bits per heavy atom. The van der Waals surface area contributed by atoms with E-state index >= 15 is 0 Å². The van der Waals surface area contributed by atoms with Gasteiger partial charge in [0.1, 0.15) is 159 Å². The number of ether oxygens (including phenoxy) is 11. The maximum atomic E-state index is 11.6. The Bertz CT molecular complexity index is 1680. The minimum absolute atomic E-state index is 1.01. The van der Waals surface area contributed by atoms with Gasteiger partial charge in [0.05, 0.1) is 38.6 Å². The van der Waals surface area contributed by atoms with E-state index in [1.54, 1.807) is 0 Å². The lowest BCUT2D eigenvalue weighted by Gasteiger charge is -2.49. The molecular weight excluding hydrogens is 1010 g/mol. The number of hydrogen-bond acceptors (Lipinski definition) is 33. The molecule has 0 amide bonds. The second-order valence-corrected chi connectivity index (χ2v) is 18.7. The molecule has 22 N–H and O–H groups in total. The van der Waals surface area contributed by atoms with Gasteiger partial charge in [-0.3, -0.25) is 0 Å². The van der Waals surface area contributed by atoms with Gasteiger partial charge in [-0.1, -0.05) is 0 Å². The van der Waals surface area contributed by atoms with Gasteiger partial charge in [0.25, 0.3) is 0 Å². The quantitative estimate of drug-likeness (QED) is 0.0538. The number of hydrogen-bond donors (Lipinski definition) is 22. The van der Waals surface area contributed by atoms with Crippen LogP contribution in [0.5, 0.6) is 0 Å². The molecule has 0 unspecified atom stereocenters. The zero-order chi connectivity index (χ0) is 54.2. The first-order valence-electron chi connectivity index (χ1n) is 23.2. The molecule has 6 heterocycles. The monoisotopic (exact) mass is 1080 g/mol. The summed E-state index contributed by atoms with van der Waals surface area (Å²) < 4.78 is 61.4. The molecule has 33 nitrogen and oxygen atoms in total. The maximum Gasteiger partial charge on any atom is 0.187 e. The van der Waals surface area contributed by atoms with E-state index in [4.69, 9.17) is 52.1 Å². The van der Waals surface area contributed by atoms with Crippen LogP contribution in [0.15, 0.2) is 0 Å². The Labute approximate surface area is 413 Å². The molecule has 0 aromatic rings. The van der Waals surface area contributed by atoms with Crippen molar-refractivity contribution in [3.8, 4) is 0 Å². The van der Waals surface area contributed by atoms with Crippen LogP contribution in [-0.4, -0.2) is 347 Å². The third-order valence-electron chi connectivity index (χ3n) is 13.5. The SMILES string of the molecule is C[C@@H](O)[C@@H]1O[C@H](O[C@H]2[C@@H](O[C@@H]3[C@H](O)[C@@H](O)[C@H](O[C@H]4[C@@H](O)[C@@H]([C@H](O)CO)O[C@@H](O[C@H](CO)[C@H]5O[C@@H](O[C@H]6[C@@H](O)[C@@H]([C@H](O)CO)O[C@@H](O)[C@@H]6O)[C@H](O)[C@@H](O)[C@H]5O)[C@@H]4O)O[C@@H]3[C@H](O)CO)O[C@@H]([C@@H](C)O)[C@@H]2O)[C@H](O)[C@H]1O. The molecule has 73 heavy (non-hydrogen) atoms. The van der Waals surface area contributed by atoms with Crippen LogP contribution in [0.4, 0.5) is 0 Å². The molecule has 428 valence electrons. The molecule has 0 bridgehead atoms. The summed E-state index contributed by atoms with van der Waals surface area (Å²) in [7, 11) is 0. The largest absolute Gasteiger partial charge is 0.394 e. The fourth-order valence-electron chi connectivity index (χ4n) is 9.36. The topological polar surface area (TPSA) is 547 Å². The van der Waals surface area contributed by atoms with Gasteiger partial charge >= 0.3 is 0 Å². The lowest BCUT2D eigenvalue weighted by Crippen LogP contribution is -2.68. The summed E-state index contributed by atoms with van der Waals surface area (Å²) in [6, 6.07) is 0. The summed E-state index contributed by atoms with van der Waals surface area (Å²) in [5, 5.41) is 234. The molecule has 6 saturated heterocycles. The van der Waals surface area contributed by atoms with Crippen molar-refractivity contribution in [3.05, 3.63) is 0 Å². The van der Waals surface area contributed by atoms with Crippen LogP contribution in [0.25, 0.3) is 0 Å². The van der Waals surface area contributed by atoms with Crippen LogP contribution < -0.4 is 0 Å². The van der Waals surface area contributed by atoms with Crippen molar-refractivity contribution in [2.75, 3.05) is 26.4 Å². The van der Waals surface area contributed by atoms with Gasteiger partial charge in [0.15, 0.2) is 37.7 Å². The van der Waals surface area contributed by atoms with Gasteiger partial charge in [0.2, 0.25) is 0 Å². The molecule has 34 atom stereocenters. The standard InChI is InChI=1S/C40H70O33/c1-7(45)25-15(52)18(55)37(65-25)73-34-20(57)26(8(2)46)66-40(34)72-33-16(53)19(56)38(68-29(33)11(49)5-43)71-32-22(59)28(10(48)4-42)67-39(24(32)61)63-12(6-44)30-14(51)13(50)17(54)36(69-30)70-31-21(58)27(9(47)3-41)64-35(62)23(31)60/h7-62H,3-6H2,1-2H3/t7-,8-,9-,10-,11-,12-,13+,14-,15-,16-,17-,18-,19-,20+,21+,22+,23-,24-,25+,26+,27-,28-,29-,30-,31+,32+,33-,34-,35-,36+,37-,38+,39-,40-/m1/s1. The average molecular weight is 1080 g/mol. The lowest BCUT2D eigenvalue weighted by atomic mass is 9.92. The molecule has 33 heteroatoms. The smallest absolute Gasteiger partial charge is 0.187 e. The first-order valence-corrected chi connectivity index (χ1v) is 23.2. The summed E-state index contributed by atoms with van der Waals surface area (Å²) >= 11 is 0. The van der Waals surface area contributed by atoms with Crippen LogP contribution in [-0.2, 0) is 52.1 Å². The number of aliphatic hydroxyl groups excluding tert-OH is 22. The zero-order valence-corrected chi connectivity index (χ0v) is 38.8. The summed E-state index contributed by atoms with van der Waals surface area (Å²) in [6.45, 7) is -2.11. The van der Waals surface area contributed by atoms with Crippen molar-refractivity contribution in [3.63, 3.8) is 0 Å². The Hall–Kier alpha value is -1.32. The van der Waals surface area contributed by atoms with Crippen molar-refractivity contribution in [1.29, 1.82) is 0 Å². The highest BCUT2D eigenvalue weighted by molar-refractivity contribution is 5.02. The number of rotatable bonds is 20. The number of aliphatic hydroxyl groups is 22. The molecule has 0 spiro atoms. The molecule has 6 rings (SSSR count). The predicted molar refractivity (Wildman–Crippen MR) is 220 cm³/mol. The van der Waals surface area contributed by atoms with Gasteiger partial charge in [0, 0.05) is 0 Å². The van der Waals surface area contributed by atoms with E-state index < -0.39 is 235 Å². The van der Waals surface area contributed by atoms with Gasteiger partial charge in [-0.05, 0) is 13.8 Å². The summed E-state index contributed by atoms with van der Waals surface area (Å²) in [4.78, 5) is 0. The van der Waals surface area contributed by atoms with E-state index in [0.717, 1.165) is 0 Å². The Morgan fingerprint density at radius 2 is 0.685 bits per heavy atom. The van der Waals surface area contributed by atoms with E-state index in [9.17, 15) is 112 Å². The molecule has 0 aliphatic carbocycles. The van der Waals surface area contributed by atoms with Gasteiger partial charge < -0.3 is 164 Å². The highest BCUT2D eigenvalue weighted by atomic mass is 16.8. The third-order valence-corrected chi connectivity index (χ3v) is 13.5. The van der Waals surface area contributed by atoms with E-state index in [1.165, 1.54) is 13.8 Å². The Kier molecular flexibility index (Phi) is 21.4. The molecule has 0 radical (unpaired) electrons. The van der Waals surface area contributed by atoms with Crippen molar-refractivity contribution in [2.24, 2.45) is 0 Å². The van der Waals surface area contributed by atoms with E-state index in [0.29, 0.717) is 0 Å². The highest BCUT2D eigenvalue weighted by Crippen LogP contribution is 2.38. The molecule has 6 aliphatic heterocycles. The molecule has 6 aliphatic rings. The van der Waals surface area contributed by atoms with Gasteiger partial charge in [-0.2, -0.15) is 0 Å². The molecule has 0 aromatic carbocycles. The van der Waals surface area contributed by atoms with E-state index in [1.807, 2.05) is 0 Å². The fraction of sp³-hybridized carbons (Fsp3) is 1.00. The Balaban J connectivity index is 1.21. The molecule has 0 aromatic heterocycles. The third kappa shape index (κ3) is 12.6. The molecule has 6 fully saturated rings. The van der Waals surface area contributed by atoms with Crippen molar-refractivity contribution < 1.29 is 164 Å². The lowest BCUT2D eigenvalue weighted by molar-refractivity contribution is -0.390. The zero-order valence-electron chi connectivity index (χ0n) is 38.8. The second-order valence-electron chi connectivity index (χ2n) is 18.7. The predicted octanol–water partition coefficient (Wildman–Crippen LogP) is -14.6. The average Bonchev–Trinajstić information content (AvgIpc) is 3.83. The van der Waals surface area contributed by atoms with E-state index in [-0.39, 0.29) is 0 Å². The second kappa shape index (κ2) is 25.6. The Morgan fingerprint density at radius 3 is 1.19 bits per heavy atom. The first kappa shape index (κ1) is 60.9. The summed E-state index contributed by atoms with van der Waals surface area (Å²) in [5.74, 6) is 0. The normalized spacial score (nSPS) is 50.3. The minimum atomic E-state index is -2.37. The van der Waals surface area contributed by atoms with Crippen LogP contribution >= 0.6 is 0 Å². The maximum absolute atomic E-state index is 11.6. The molecule has 0 saturated carbocycles.